The number of nitrogens with one attached hydrogen (secondary N) is 2. The van der Waals surface area contributed by atoms with Gasteiger partial charge in [-0.05, 0) is 25.0 Å². The molecule has 1 aromatic carbocycles. The van der Waals surface area contributed by atoms with Gasteiger partial charge in [0, 0.05) is 5.69 Å². The summed E-state index contributed by atoms with van der Waals surface area (Å²) in [6.45, 7) is 0. The van der Waals surface area contributed by atoms with Gasteiger partial charge in [0.2, 0.25) is 0 Å². The van der Waals surface area contributed by atoms with E-state index >= 15 is 0 Å². The van der Waals surface area contributed by atoms with Crippen molar-refractivity contribution < 1.29 is 0 Å². The van der Waals surface area contributed by atoms with E-state index in [1.165, 1.54) is 19.3 Å². The first-order valence-electron chi connectivity index (χ1n) is 7.20. The highest BCUT2D eigenvalue weighted by atomic mass is 32.2. The molecule has 2 aliphatic rings. The fourth-order valence-corrected chi connectivity index (χ4v) is 4.76. The molecule has 0 bridgehead atoms. The largest absolute Gasteiger partial charge is 0.360 e. The molecule has 3 nitrogen and oxygen atoms in total. The second kappa shape index (κ2) is 6.08. The van der Waals surface area contributed by atoms with Crippen LogP contribution in [-0.2, 0) is 0 Å². The zero-order valence-electron chi connectivity index (χ0n) is 11.7. The molecule has 1 aliphatic heterocycles. The van der Waals surface area contributed by atoms with Crippen LogP contribution in [-0.4, -0.2) is 9.86 Å². The summed E-state index contributed by atoms with van der Waals surface area (Å²) in [6.07, 6.45) is 5.90. The zero-order valence-corrected chi connectivity index (χ0v) is 13.3. The number of nitriles is 1. The normalized spacial score (nSPS) is 20.8. The van der Waals surface area contributed by atoms with Crippen LogP contribution in [0.4, 0.5) is 5.69 Å². The molecule has 1 aromatic rings. The van der Waals surface area contributed by atoms with Crippen LogP contribution in [0.1, 0.15) is 32.1 Å². The molecule has 3 rings (SSSR count). The van der Waals surface area contributed by atoms with Gasteiger partial charge in [0.1, 0.15) is 16.6 Å². The third-order valence-corrected chi connectivity index (χ3v) is 5.62. The average molecular weight is 315 g/mol. The SMILES string of the molecule is N#CC1=C(Nc2ccccc2)SC2(CCCCC2)NC1=S. The van der Waals surface area contributed by atoms with Crippen LogP contribution >= 0.6 is 24.0 Å². The molecular weight excluding hydrogens is 298 g/mol. The Morgan fingerprint density at radius 3 is 2.57 bits per heavy atom. The van der Waals surface area contributed by atoms with E-state index in [1.807, 2.05) is 30.3 Å². The highest BCUT2D eigenvalue weighted by Gasteiger charge is 2.39. The summed E-state index contributed by atoms with van der Waals surface area (Å²) in [4.78, 5) is 0.545. The molecule has 0 atom stereocenters. The summed E-state index contributed by atoms with van der Waals surface area (Å²) >= 11 is 7.16. The number of hydrogen-bond donors (Lipinski definition) is 2. The topological polar surface area (TPSA) is 47.9 Å². The molecule has 1 heterocycles. The number of thioether (sulfide) groups is 1. The average Bonchev–Trinajstić information content (AvgIpc) is 2.49. The molecule has 108 valence electrons. The molecular formula is C16H17N3S2. The van der Waals surface area contributed by atoms with E-state index in [9.17, 15) is 5.26 Å². The summed E-state index contributed by atoms with van der Waals surface area (Å²) in [6, 6.07) is 12.2. The standard InChI is InChI=1S/C16H17N3S2/c17-11-13-14(20)19-16(9-5-2-6-10-16)21-15(13)18-12-7-3-1-4-8-12/h1,3-4,7-8,18H,2,5-6,9-10H2,(H,19,20). The van der Waals surface area contributed by atoms with Crippen molar-refractivity contribution in [2.45, 2.75) is 37.0 Å². The Balaban J connectivity index is 1.90. The molecule has 1 saturated carbocycles. The van der Waals surface area contributed by atoms with E-state index in [4.69, 9.17) is 12.2 Å². The second-order valence-electron chi connectivity index (χ2n) is 5.42. The van der Waals surface area contributed by atoms with Crippen LogP contribution < -0.4 is 10.6 Å². The minimum Gasteiger partial charge on any atom is -0.360 e. The Kier molecular flexibility index (Phi) is 4.18. The van der Waals surface area contributed by atoms with Crippen molar-refractivity contribution in [2.24, 2.45) is 0 Å². The van der Waals surface area contributed by atoms with Gasteiger partial charge in [-0.25, -0.2) is 0 Å². The lowest BCUT2D eigenvalue weighted by molar-refractivity contribution is 0.378. The minimum atomic E-state index is -0.0349. The number of para-hydroxylation sites is 1. The molecule has 0 radical (unpaired) electrons. The quantitative estimate of drug-likeness (QED) is 0.803. The van der Waals surface area contributed by atoms with Crippen molar-refractivity contribution >= 4 is 34.7 Å². The predicted molar refractivity (Wildman–Crippen MR) is 91.8 cm³/mol. The summed E-state index contributed by atoms with van der Waals surface area (Å²) in [5.41, 5.74) is 1.54. The Hall–Kier alpha value is -1.51. The number of nitrogens with zero attached hydrogens (tertiary/aromatic N) is 1. The third kappa shape index (κ3) is 3.07. The molecule has 1 spiro atoms. The zero-order chi connectivity index (χ0) is 14.7. The molecule has 0 unspecified atom stereocenters. The summed E-state index contributed by atoms with van der Waals surface area (Å²) in [5.74, 6) is 0. The van der Waals surface area contributed by atoms with Gasteiger partial charge >= 0.3 is 0 Å². The van der Waals surface area contributed by atoms with Gasteiger partial charge in [0.15, 0.2) is 0 Å². The fraction of sp³-hybridized carbons (Fsp3) is 0.375. The lowest BCUT2D eigenvalue weighted by Crippen LogP contribution is -2.50. The van der Waals surface area contributed by atoms with Gasteiger partial charge in [-0.15, -0.1) is 0 Å². The van der Waals surface area contributed by atoms with E-state index in [1.54, 1.807) is 11.8 Å². The monoisotopic (exact) mass is 315 g/mol. The van der Waals surface area contributed by atoms with Crippen LogP contribution in [0.15, 0.2) is 40.9 Å². The molecule has 5 heteroatoms. The smallest absolute Gasteiger partial charge is 0.121 e. The van der Waals surface area contributed by atoms with E-state index in [2.05, 4.69) is 16.7 Å². The Labute approximate surface area is 134 Å². The fourth-order valence-electron chi connectivity index (χ4n) is 2.84. The van der Waals surface area contributed by atoms with Crippen LogP contribution in [0.2, 0.25) is 0 Å². The Morgan fingerprint density at radius 1 is 1.19 bits per heavy atom. The Bertz CT molecular complexity index is 610. The van der Waals surface area contributed by atoms with E-state index < -0.39 is 0 Å². The highest BCUT2D eigenvalue weighted by molar-refractivity contribution is 8.04. The number of hydrogen-bond acceptors (Lipinski definition) is 4. The number of rotatable bonds is 2. The molecule has 0 saturated heterocycles. The number of benzene rings is 1. The third-order valence-electron chi connectivity index (χ3n) is 3.90. The molecule has 1 fully saturated rings. The first-order valence-corrected chi connectivity index (χ1v) is 8.43. The van der Waals surface area contributed by atoms with Crippen molar-refractivity contribution in [3.63, 3.8) is 0 Å². The van der Waals surface area contributed by atoms with Crippen molar-refractivity contribution in [3.8, 4) is 6.07 Å². The van der Waals surface area contributed by atoms with Crippen molar-refractivity contribution in [1.82, 2.24) is 5.32 Å². The van der Waals surface area contributed by atoms with Gasteiger partial charge in [-0.2, -0.15) is 5.26 Å². The van der Waals surface area contributed by atoms with Gasteiger partial charge < -0.3 is 10.6 Å². The van der Waals surface area contributed by atoms with Gasteiger partial charge in [-0.3, -0.25) is 0 Å². The van der Waals surface area contributed by atoms with E-state index in [0.29, 0.717) is 10.6 Å². The molecule has 0 aromatic heterocycles. The van der Waals surface area contributed by atoms with Crippen LogP contribution in [0.25, 0.3) is 0 Å². The molecule has 0 amide bonds. The van der Waals surface area contributed by atoms with Crippen molar-refractivity contribution in [3.05, 3.63) is 40.9 Å². The second-order valence-corrected chi connectivity index (χ2v) is 7.22. The van der Waals surface area contributed by atoms with Crippen molar-refractivity contribution in [1.29, 1.82) is 5.26 Å². The summed E-state index contributed by atoms with van der Waals surface area (Å²) in [5, 5.41) is 17.1. The minimum absolute atomic E-state index is 0.0349. The lowest BCUT2D eigenvalue weighted by Gasteiger charge is -2.42. The van der Waals surface area contributed by atoms with Crippen LogP contribution in [0.3, 0.4) is 0 Å². The summed E-state index contributed by atoms with van der Waals surface area (Å²) < 4.78 is 0. The van der Waals surface area contributed by atoms with Crippen LogP contribution in [0.5, 0.6) is 0 Å². The maximum atomic E-state index is 9.41. The predicted octanol–water partition coefficient (Wildman–Crippen LogP) is 4.16. The lowest BCUT2D eigenvalue weighted by atomic mass is 9.94. The first kappa shape index (κ1) is 14.4. The van der Waals surface area contributed by atoms with Crippen LogP contribution in [0, 0.1) is 11.3 Å². The number of anilines is 1. The molecule has 2 N–H and O–H groups in total. The summed E-state index contributed by atoms with van der Waals surface area (Å²) in [7, 11) is 0. The van der Waals surface area contributed by atoms with Gasteiger partial charge in [0.25, 0.3) is 0 Å². The van der Waals surface area contributed by atoms with Crippen molar-refractivity contribution in [2.75, 3.05) is 5.32 Å². The maximum Gasteiger partial charge on any atom is 0.121 e. The number of thiocarbonyl (C=S) groups is 1. The maximum absolute atomic E-state index is 9.41. The van der Waals surface area contributed by atoms with Gasteiger partial charge in [0.05, 0.1) is 9.90 Å². The van der Waals surface area contributed by atoms with Gasteiger partial charge in [-0.1, -0.05) is 61.4 Å². The first-order chi connectivity index (χ1) is 10.2. The van der Waals surface area contributed by atoms with E-state index in [0.717, 1.165) is 23.6 Å². The highest BCUT2D eigenvalue weighted by Crippen LogP contribution is 2.45. The molecule has 1 aliphatic carbocycles. The Morgan fingerprint density at radius 2 is 1.90 bits per heavy atom. The van der Waals surface area contributed by atoms with E-state index in [-0.39, 0.29) is 4.87 Å². The molecule has 21 heavy (non-hydrogen) atoms.